The summed E-state index contributed by atoms with van der Waals surface area (Å²) in [6.07, 6.45) is 8.31. The van der Waals surface area contributed by atoms with Gasteiger partial charge >= 0.3 is 0 Å². The van der Waals surface area contributed by atoms with Crippen molar-refractivity contribution in [2.24, 2.45) is 0 Å². The van der Waals surface area contributed by atoms with Crippen molar-refractivity contribution < 1.29 is 0 Å². The van der Waals surface area contributed by atoms with Gasteiger partial charge in [0.1, 0.15) is 0 Å². The highest BCUT2D eigenvalue weighted by Gasteiger charge is 2.07. The van der Waals surface area contributed by atoms with Gasteiger partial charge in [-0.2, -0.15) is 0 Å². The van der Waals surface area contributed by atoms with E-state index in [1.54, 1.807) is 0 Å². The topological polar surface area (TPSA) is 12.0 Å². The Morgan fingerprint density at radius 1 is 0.842 bits per heavy atom. The predicted octanol–water partition coefficient (Wildman–Crippen LogP) is 4.87. The second-order valence-electron chi connectivity index (χ2n) is 5.05. The lowest BCUT2D eigenvalue weighted by Crippen LogP contribution is -2.18. The molecule has 0 amide bonds. The number of benzene rings is 2. The van der Waals surface area contributed by atoms with Crippen LogP contribution in [0.5, 0.6) is 0 Å². The average Bonchev–Trinajstić information content (AvgIpc) is 2.50. The lowest BCUT2D eigenvalue weighted by Gasteiger charge is -2.19. The first-order chi connectivity index (χ1) is 9.42. The first-order valence-electron chi connectivity index (χ1n) is 7.00. The molecule has 0 aliphatic heterocycles. The largest absolute Gasteiger partial charge is 0.379 e. The molecule has 0 saturated carbocycles. The third-order valence-corrected chi connectivity index (χ3v) is 3.60. The number of rotatable bonds is 3. The summed E-state index contributed by atoms with van der Waals surface area (Å²) in [6.45, 7) is 0. The summed E-state index contributed by atoms with van der Waals surface area (Å²) in [5, 5.41) is 3.57. The van der Waals surface area contributed by atoms with E-state index in [0.717, 1.165) is 0 Å². The maximum atomic E-state index is 3.57. The standard InChI is InChI=1S/C18H19N/c1-3-7-15(8-4-1)16-11-13-18(14-12-16)19-17-9-5-2-6-10-17/h1,3-5,7-9,11-14,17,19H,2,6,10H2. The number of hydrogen-bond acceptors (Lipinski definition) is 1. The summed E-state index contributed by atoms with van der Waals surface area (Å²) in [5.41, 5.74) is 3.74. The van der Waals surface area contributed by atoms with Crippen molar-refractivity contribution in [2.45, 2.75) is 25.3 Å². The molecule has 1 N–H and O–H groups in total. The molecule has 19 heavy (non-hydrogen) atoms. The van der Waals surface area contributed by atoms with Gasteiger partial charge in [0.05, 0.1) is 0 Å². The molecule has 1 aliphatic rings. The molecule has 0 radical (unpaired) electrons. The Labute approximate surface area is 115 Å². The minimum absolute atomic E-state index is 0.497. The fraction of sp³-hybridized carbons (Fsp3) is 0.222. The zero-order valence-electron chi connectivity index (χ0n) is 11.0. The molecule has 1 unspecified atom stereocenters. The van der Waals surface area contributed by atoms with E-state index in [1.807, 2.05) is 0 Å². The first-order valence-corrected chi connectivity index (χ1v) is 7.00. The monoisotopic (exact) mass is 249 g/mol. The van der Waals surface area contributed by atoms with E-state index in [2.05, 4.69) is 72.1 Å². The number of nitrogens with one attached hydrogen (secondary N) is 1. The molecule has 96 valence electrons. The second kappa shape index (κ2) is 5.75. The van der Waals surface area contributed by atoms with E-state index in [1.165, 1.54) is 36.1 Å². The molecule has 3 rings (SSSR count). The fourth-order valence-electron chi connectivity index (χ4n) is 2.54. The van der Waals surface area contributed by atoms with Crippen molar-refractivity contribution >= 4 is 5.69 Å². The van der Waals surface area contributed by atoms with E-state index < -0.39 is 0 Å². The molecule has 1 nitrogen and oxygen atoms in total. The van der Waals surface area contributed by atoms with Gasteiger partial charge in [0.15, 0.2) is 0 Å². The van der Waals surface area contributed by atoms with Crippen LogP contribution < -0.4 is 5.32 Å². The fourth-order valence-corrected chi connectivity index (χ4v) is 2.54. The Balaban J connectivity index is 1.72. The molecule has 1 aliphatic carbocycles. The Kier molecular flexibility index (Phi) is 3.64. The van der Waals surface area contributed by atoms with Crippen LogP contribution in [0.4, 0.5) is 5.69 Å². The van der Waals surface area contributed by atoms with Gasteiger partial charge in [-0.25, -0.2) is 0 Å². The molecule has 2 aromatic carbocycles. The average molecular weight is 249 g/mol. The van der Waals surface area contributed by atoms with Crippen LogP contribution in [0.1, 0.15) is 19.3 Å². The third kappa shape index (κ3) is 3.05. The predicted molar refractivity (Wildman–Crippen MR) is 82.3 cm³/mol. The van der Waals surface area contributed by atoms with E-state index in [0.29, 0.717) is 6.04 Å². The van der Waals surface area contributed by atoms with Gasteiger partial charge in [0, 0.05) is 11.7 Å². The van der Waals surface area contributed by atoms with E-state index in [9.17, 15) is 0 Å². The minimum Gasteiger partial charge on any atom is -0.379 e. The van der Waals surface area contributed by atoms with Crippen LogP contribution in [-0.4, -0.2) is 6.04 Å². The molecule has 2 aromatic rings. The third-order valence-electron chi connectivity index (χ3n) is 3.60. The van der Waals surface area contributed by atoms with Gasteiger partial charge < -0.3 is 5.32 Å². The Morgan fingerprint density at radius 2 is 1.58 bits per heavy atom. The van der Waals surface area contributed by atoms with E-state index in [4.69, 9.17) is 0 Å². The van der Waals surface area contributed by atoms with E-state index >= 15 is 0 Å². The van der Waals surface area contributed by atoms with Crippen molar-refractivity contribution in [1.82, 2.24) is 0 Å². The van der Waals surface area contributed by atoms with Crippen molar-refractivity contribution in [1.29, 1.82) is 0 Å². The Hall–Kier alpha value is -2.02. The van der Waals surface area contributed by atoms with Crippen LogP contribution in [-0.2, 0) is 0 Å². The summed E-state index contributed by atoms with van der Waals surface area (Å²) in [6, 6.07) is 19.7. The van der Waals surface area contributed by atoms with Gasteiger partial charge in [0.2, 0.25) is 0 Å². The molecule has 0 fully saturated rings. The zero-order valence-corrected chi connectivity index (χ0v) is 11.0. The van der Waals surface area contributed by atoms with Crippen LogP contribution in [0.25, 0.3) is 11.1 Å². The van der Waals surface area contributed by atoms with E-state index in [-0.39, 0.29) is 0 Å². The van der Waals surface area contributed by atoms with Gasteiger partial charge in [-0.3, -0.25) is 0 Å². The molecule has 0 heterocycles. The van der Waals surface area contributed by atoms with Crippen LogP contribution in [0, 0.1) is 0 Å². The lowest BCUT2D eigenvalue weighted by molar-refractivity contribution is 0.674. The maximum Gasteiger partial charge on any atom is 0.0444 e. The van der Waals surface area contributed by atoms with Crippen LogP contribution >= 0.6 is 0 Å². The summed E-state index contributed by atoms with van der Waals surface area (Å²) in [5.74, 6) is 0. The molecule has 0 saturated heterocycles. The Morgan fingerprint density at radius 3 is 2.26 bits per heavy atom. The molecule has 1 atom stereocenters. The van der Waals surface area contributed by atoms with Gasteiger partial charge in [0.25, 0.3) is 0 Å². The lowest BCUT2D eigenvalue weighted by atomic mass is 10.0. The normalized spacial score (nSPS) is 18.2. The molecule has 0 spiro atoms. The van der Waals surface area contributed by atoms with Gasteiger partial charge in [-0.1, -0.05) is 54.6 Å². The summed E-state index contributed by atoms with van der Waals surface area (Å²) in [7, 11) is 0. The second-order valence-corrected chi connectivity index (χ2v) is 5.05. The quantitative estimate of drug-likeness (QED) is 0.765. The maximum absolute atomic E-state index is 3.57. The summed E-state index contributed by atoms with van der Waals surface area (Å²) < 4.78 is 0. The van der Waals surface area contributed by atoms with Crippen LogP contribution in [0.15, 0.2) is 66.7 Å². The van der Waals surface area contributed by atoms with Crippen LogP contribution in [0.3, 0.4) is 0 Å². The molecular weight excluding hydrogens is 230 g/mol. The summed E-state index contributed by atoms with van der Waals surface area (Å²) >= 11 is 0. The SMILES string of the molecule is C1=CC(Nc2ccc(-c3ccccc3)cc2)CCC1. The molecule has 0 aromatic heterocycles. The van der Waals surface area contributed by atoms with Crippen molar-refractivity contribution in [2.75, 3.05) is 5.32 Å². The van der Waals surface area contributed by atoms with Crippen molar-refractivity contribution in [3.63, 3.8) is 0 Å². The highest BCUT2D eigenvalue weighted by Crippen LogP contribution is 2.22. The number of anilines is 1. The smallest absolute Gasteiger partial charge is 0.0444 e. The number of allylic oxidation sites excluding steroid dienone is 1. The van der Waals surface area contributed by atoms with Crippen molar-refractivity contribution in [3.05, 3.63) is 66.7 Å². The molecular formula is C18H19N. The Bertz CT molecular complexity index is 540. The summed E-state index contributed by atoms with van der Waals surface area (Å²) in [4.78, 5) is 0. The number of hydrogen-bond donors (Lipinski definition) is 1. The minimum atomic E-state index is 0.497. The van der Waals surface area contributed by atoms with Crippen LogP contribution in [0.2, 0.25) is 0 Å². The zero-order chi connectivity index (χ0) is 12.9. The highest BCUT2D eigenvalue weighted by atomic mass is 14.9. The van der Waals surface area contributed by atoms with Gasteiger partial charge in [-0.15, -0.1) is 0 Å². The molecule has 0 bridgehead atoms. The first kappa shape index (κ1) is 12.0. The molecule has 1 heteroatoms. The van der Waals surface area contributed by atoms with Gasteiger partial charge in [-0.05, 0) is 42.5 Å². The van der Waals surface area contributed by atoms with Crippen molar-refractivity contribution in [3.8, 4) is 11.1 Å². The highest BCUT2D eigenvalue weighted by molar-refractivity contribution is 5.66.